The van der Waals surface area contributed by atoms with Crippen LogP contribution in [-0.4, -0.2) is 17.5 Å². The van der Waals surface area contributed by atoms with E-state index in [9.17, 15) is 0 Å². The average molecular weight is 205 g/mol. The van der Waals surface area contributed by atoms with E-state index in [-0.39, 0.29) is 1.43 Å². The minimum Gasteiger partial charge on any atom is -0.759 e. The van der Waals surface area contributed by atoms with Crippen molar-refractivity contribution in [2.45, 2.75) is 13.5 Å². The van der Waals surface area contributed by atoms with Crippen LogP contribution < -0.4 is 4.57 Å². The Morgan fingerprint density at radius 2 is 1.62 bits per heavy atom. The summed E-state index contributed by atoms with van der Waals surface area (Å²) in [5, 5.41) is 0. The molecule has 1 aromatic heterocycles. The highest BCUT2D eigenvalue weighted by molar-refractivity contribution is 7.79. The Morgan fingerprint density at radius 1 is 1.23 bits per heavy atom. The van der Waals surface area contributed by atoms with Gasteiger partial charge >= 0.3 is 1.43 Å². The molecule has 5 nitrogen and oxygen atoms in total. The van der Waals surface area contributed by atoms with E-state index in [0.29, 0.717) is 0 Å². The highest BCUT2D eigenvalue weighted by atomic mass is 32.3. The molecule has 0 amide bonds. The molecule has 0 aliphatic heterocycles. The topological polar surface area (TPSA) is 84.1 Å². The Labute approximate surface area is 78.7 Å². The summed E-state index contributed by atoms with van der Waals surface area (Å²) in [7, 11) is -5.17. The van der Waals surface area contributed by atoms with Crippen LogP contribution in [0.5, 0.6) is 0 Å². The largest absolute Gasteiger partial charge is 1.00 e. The first kappa shape index (κ1) is 12.0. The van der Waals surface area contributed by atoms with Gasteiger partial charge in [0.15, 0.2) is 12.4 Å². The minimum absolute atomic E-state index is 0. The third-order valence-electron chi connectivity index (χ3n) is 1.14. The minimum atomic E-state index is -5.17. The molecule has 1 heterocycles. The fraction of sp³-hybridized carbons (Fsp3) is 0.286. The number of nitrogens with zero attached hydrogens (tertiary/aromatic N) is 1. The molecule has 0 saturated heterocycles. The zero-order valence-corrected chi connectivity index (χ0v) is 7.90. The lowest BCUT2D eigenvalue weighted by atomic mass is 10.5. The molecule has 0 atom stereocenters. The summed E-state index contributed by atoms with van der Waals surface area (Å²) in [6, 6.07) is 6.08. The van der Waals surface area contributed by atoms with E-state index in [2.05, 4.69) is 23.9 Å². The number of rotatable bonds is 1. The summed E-state index contributed by atoms with van der Waals surface area (Å²) < 4.78 is 36.2. The van der Waals surface area contributed by atoms with Crippen molar-refractivity contribution < 1.29 is 23.5 Å². The van der Waals surface area contributed by atoms with Crippen LogP contribution >= 0.6 is 0 Å². The van der Waals surface area contributed by atoms with Crippen LogP contribution in [0.4, 0.5) is 0 Å². The fourth-order valence-electron chi connectivity index (χ4n) is 0.645. The maximum atomic E-state index is 8.52. The van der Waals surface area contributed by atoms with Crippen LogP contribution in [0.1, 0.15) is 8.35 Å². The van der Waals surface area contributed by atoms with E-state index in [0.717, 1.165) is 6.54 Å². The first-order valence-electron chi connectivity index (χ1n) is 3.54. The quantitative estimate of drug-likeness (QED) is 0.360. The van der Waals surface area contributed by atoms with E-state index in [1.54, 1.807) is 0 Å². The molecular formula is C7H11NO4S. The van der Waals surface area contributed by atoms with Gasteiger partial charge in [-0.3, -0.25) is 8.42 Å². The second kappa shape index (κ2) is 5.63. The second-order valence-electron chi connectivity index (χ2n) is 2.11. The Kier molecular flexibility index (Phi) is 5.20. The SMILES string of the molecule is CC[n+]1ccccc1.O=S(=O)([O-])[O-].[H+]. The molecular weight excluding hydrogens is 194 g/mol. The van der Waals surface area contributed by atoms with E-state index in [1.165, 1.54) is 0 Å². The maximum Gasteiger partial charge on any atom is 1.00 e. The molecule has 1 rings (SSSR count). The number of pyridine rings is 1. The fourth-order valence-corrected chi connectivity index (χ4v) is 0.645. The molecule has 0 radical (unpaired) electrons. The summed E-state index contributed by atoms with van der Waals surface area (Å²) in [6.45, 7) is 3.18. The maximum absolute atomic E-state index is 8.52. The number of aryl methyl sites for hydroxylation is 1. The van der Waals surface area contributed by atoms with Crippen molar-refractivity contribution in [2.75, 3.05) is 0 Å². The molecule has 0 fully saturated rings. The predicted octanol–water partition coefficient (Wildman–Crippen LogP) is -0.231. The Morgan fingerprint density at radius 3 is 1.85 bits per heavy atom. The average Bonchev–Trinajstić information content (AvgIpc) is 2.03. The third-order valence-corrected chi connectivity index (χ3v) is 1.14. The second-order valence-corrected chi connectivity index (χ2v) is 2.93. The molecule has 0 bridgehead atoms. The van der Waals surface area contributed by atoms with Gasteiger partial charge in [-0.25, -0.2) is 4.57 Å². The van der Waals surface area contributed by atoms with Crippen molar-refractivity contribution in [3.63, 3.8) is 0 Å². The highest BCUT2D eigenvalue weighted by Gasteiger charge is 1.86. The molecule has 74 valence electrons. The molecule has 0 aliphatic carbocycles. The van der Waals surface area contributed by atoms with E-state index in [4.69, 9.17) is 17.5 Å². The monoisotopic (exact) mass is 205 g/mol. The Bertz CT molecular complexity index is 319. The summed E-state index contributed by atoms with van der Waals surface area (Å²) in [5.74, 6) is 0. The molecule has 0 N–H and O–H groups in total. The van der Waals surface area contributed by atoms with Gasteiger partial charge in [0.05, 0.1) is 0 Å². The van der Waals surface area contributed by atoms with Crippen molar-refractivity contribution in [3.05, 3.63) is 30.6 Å². The molecule has 1 aromatic rings. The lowest BCUT2D eigenvalue weighted by Gasteiger charge is -2.06. The standard InChI is InChI=1S/C7H10N.H2O4S/c1-2-8-6-4-3-5-7-8;1-5(2,3)4/h3-7H,2H2,1H3;(H2,1,2,3,4)/q+1;/p-1. The molecule has 0 unspecified atom stereocenters. The van der Waals surface area contributed by atoms with E-state index in [1.807, 2.05) is 18.2 Å². The number of aromatic nitrogens is 1. The van der Waals surface area contributed by atoms with Crippen molar-refractivity contribution in [1.29, 1.82) is 0 Å². The van der Waals surface area contributed by atoms with Crippen LogP contribution in [0.25, 0.3) is 0 Å². The summed E-state index contributed by atoms with van der Waals surface area (Å²) >= 11 is 0. The highest BCUT2D eigenvalue weighted by Crippen LogP contribution is 1.74. The van der Waals surface area contributed by atoms with Crippen molar-refractivity contribution in [2.24, 2.45) is 0 Å². The van der Waals surface area contributed by atoms with Gasteiger partial charge in [0.25, 0.3) is 0 Å². The van der Waals surface area contributed by atoms with Crippen LogP contribution in [0.3, 0.4) is 0 Å². The summed E-state index contributed by atoms with van der Waals surface area (Å²) in [6.07, 6.45) is 4.11. The molecule has 13 heavy (non-hydrogen) atoms. The number of hydrogen-bond donors (Lipinski definition) is 0. The Hall–Kier alpha value is -0.980. The summed E-state index contributed by atoms with van der Waals surface area (Å²) in [4.78, 5) is 0. The van der Waals surface area contributed by atoms with Gasteiger partial charge in [-0.2, -0.15) is 0 Å². The van der Waals surface area contributed by atoms with Crippen molar-refractivity contribution >= 4 is 10.4 Å². The van der Waals surface area contributed by atoms with Crippen LogP contribution in [0, 0.1) is 0 Å². The lowest BCUT2D eigenvalue weighted by Crippen LogP contribution is -2.30. The van der Waals surface area contributed by atoms with Gasteiger partial charge in [0.2, 0.25) is 0 Å². The van der Waals surface area contributed by atoms with Crippen LogP contribution in [0.2, 0.25) is 0 Å². The van der Waals surface area contributed by atoms with Crippen LogP contribution in [0.15, 0.2) is 30.6 Å². The van der Waals surface area contributed by atoms with Gasteiger partial charge in [0, 0.05) is 22.5 Å². The van der Waals surface area contributed by atoms with Gasteiger partial charge in [-0.05, 0) is 6.92 Å². The summed E-state index contributed by atoms with van der Waals surface area (Å²) in [5.41, 5.74) is 0. The molecule has 0 saturated carbocycles. The molecule has 0 spiro atoms. The van der Waals surface area contributed by atoms with Gasteiger partial charge in [-0.15, -0.1) is 0 Å². The van der Waals surface area contributed by atoms with Gasteiger partial charge in [0.1, 0.15) is 6.54 Å². The van der Waals surface area contributed by atoms with E-state index >= 15 is 0 Å². The normalized spacial score (nSPS) is 10.1. The number of hydrogen-bond acceptors (Lipinski definition) is 4. The first-order chi connectivity index (χ1) is 5.93. The zero-order valence-electron chi connectivity index (χ0n) is 8.08. The zero-order chi connectivity index (χ0) is 10.3. The Balaban J connectivity index is 0. The smallest absolute Gasteiger partial charge is 0.759 e. The first-order valence-corrected chi connectivity index (χ1v) is 4.87. The van der Waals surface area contributed by atoms with Gasteiger partial charge in [-0.1, -0.05) is 6.07 Å². The van der Waals surface area contributed by atoms with Crippen molar-refractivity contribution in [3.8, 4) is 0 Å². The molecule has 6 heteroatoms. The van der Waals surface area contributed by atoms with E-state index < -0.39 is 10.4 Å². The molecule has 0 aromatic carbocycles. The predicted molar refractivity (Wildman–Crippen MR) is 43.9 cm³/mol. The van der Waals surface area contributed by atoms with Crippen LogP contribution in [-0.2, 0) is 16.9 Å². The lowest BCUT2D eigenvalue weighted by molar-refractivity contribution is -0.693. The van der Waals surface area contributed by atoms with Crippen molar-refractivity contribution in [1.82, 2.24) is 0 Å². The molecule has 0 aliphatic rings. The third kappa shape index (κ3) is 11.0. The van der Waals surface area contributed by atoms with Gasteiger partial charge < -0.3 is 9.11 Å².